The molecule has 124 valence electrons. The molecule has 0 spiro atoms. The molecule has 0 N–H and O–H groups in total. The van der Waals surface area contributed by atoms with Gasteiger partial charge in [-0.3, -0.25) is 0 Å². The van der Waals surface area contributed by atoms with E-state index in [-0.39, 0.29) is 0 Å². The maximum atomic E-state index is 5.67. The molecule has 2 aromatic carbocycles. The van der Waals surface area contributed by atoms with Crippen LogP contribution in [-0.2, 0) is 5.75 Å². The summed E-state index contributed by atoms with van der Waals surface area (Å²) < 4.78 is 11.3. The molecule has 0 bridgehead atoms. The van der Waals surface area contributed by atoms with Crippen molar-refractivity contribution in [2.45, 2.75) is 17.9 Å². The summed E-state index contributed by atoms with van der Waals surface area (Å²) in [7, 11) is 0. The van der Waals surface area contributed by atoms with E-state index >= 15 is 0 Å². The average molecular weight is 350 g/mol. The Morgan fingerprint density at radius 1 is 0.760 bits per heavy atom. The summed E-state index contributed by atoms with van der Waals surface area (Å²) in [6.45, 7) is 2.03. The smallest absolute Gasteiger partial charge is 0.277 e. The van der Waals surface area contributed by atoms with E-state index in [1.165, 1.54) is 17.3 Å². The van der Waals surface area contributed by atoms with E-state index in [1.54, 1.807) is 0 Å². The molecule has 0 saturated carbocycles. The highest BCUT2D eigenvalue weighted by Gasteiger charge is 2.12. The lowest BCUT2D eigenvalue weighted by Gasteiger charge is -1.95. The summed E-state index contributed by atoms with van der Waals surface area (Å²) in [5.41, 5.74) is 2.98. The fourth-order valence-corrected chi connectivity index (χ4v) is 2.81. The van der Waals surface area contributed by atoms with Crippen LogP contribution in [0.2, 0.25) is 0 Å². The lowest BCUT2D eigenvalue weighted by molar-refractivity contribution is 0.464. The van der Waals surface area contributed by atoms with Gasteiger partial charge in [-0.2, -0.15) is 0 Å². The van der Waals surface area contributed by atoms with Crippen molar-refractivity contribution in [3.05, 3.63) is 66.1 Å². The molecule has 0 atom stereocenters. The van der Waals surface area contributed by atoms with Crippen LogP contribution in [0.25, 0.3) is 22.9 Å². The third-order valence-electron chi connectivity index (χ3n) is 3.51. The molecule has 0 fully saturated rings. The highest BCUT2D eigenvalue weighted by Crippen LogP contribution is 2.26. The summed E-state index contributed by atoms with van der Waals surface area (Å²) in [6.07, 6.45) is 0. The van der Waals surface area contributed by atoms with Gasteiger partial charge in [-0.1, -0.05) is 47.7 Å². The first kappa shape index (κ1) is 15.6. The van der Waals surface area contributed by atoms with Crippen molar-refractivity contribution in [3.8, 4) is 22.9 Å². The lowest BCUT2D eigenvalue weighted by Crippen LogP contribution is -1.80. The number of benzene rings is 2. The Balaban J connectivity index is 1.42. The molecule has 0 aliphatic carbocycles. The van der Waals surface area contributed by atoms with Crippen LogP contribution < -0.4 is 0 Å². The van der Waals surface area contributed by atoms with Gasteiger partial charge in [0.05, 0.1) is 5.75 Å². The normalized spacial score (nSPS) is 10.9. The monoisotopic (exact) mass is 350 g/mol. The number of thioether (sulfide) groups is 1. The number of hydrogen-bond acceptors (Lipinski definition) is 7. The van der Waals surface area contributed by atoms with Gasteiger partial charge in [-0.25, -0.2) is 0 Å². The standard InChI is InChI=1S/C18H14N4O2S/c1-12-7-9-14(10-8-12)17-21-22-18(24-17)25-11-15-19-20-16(23-15)13-5-3-2-4-6-13/h2-10H,11H2,1H3. The third kappa shape index (κ3) is 3.61. The van der Waals surface area contributed by atoms with Gasteiger partial charge in [0.15, 0.2) is 0 Å². The number of rotatable bonds is 5. The van der Waals surface area contributed by atoms with Gasteiger partial charge in [-0.05, 0) is 31.2 Å². The molecule has 0 aliphatic heterocycles. The van der Waals surface area contributed by atoms with Crippen LogP contribution in [0.4, 0.5) is 0 Å². The second-order valence-corrected chi connectivity index (χ2v) is 6.32. The molecule has 0 saturated heterocycles. The Labute approximate surface area is 148 Å². The second-order valence-electron chi connectivity index (χ2n) is 5.39. The Morgan fingerprint density at radius 3 is 2.24 bits per heavy atom. The SMILES string of the molecule is Cc1ccc(-c2nnc(SCc3nnc(-c4ccccc4)o3)o2)cc1. The van der Waals surface area contributed by atoms with E-state index < -0.39 is 0 Å². The van der Waals surface area contributed by atoms with Crippen LogP contribution in [0, 0.1) is 6.92 Å². The molecular weight excluding hydrogens is 336 g/mol. The molecule has 6 nitrogen and oxygen atoms in total. The van der Waals surface area contributed by atoms with Gasteiger partial charge >= 0.3 is 0 Å². The molecule has 2 heterocycles. The molecule has 4 rings (SSSR count). The predicted molar refractivity (Wildman–Crippen MR) is 93.8 cm³/mol. The zero-order valence-corrected chi connectivity index (χ0v) is 14.2. The zero-order chi connectivity index (χ0) is 17.1. The minimum absolute atomic E-state index is 0.468. The van der Waals surface area contributed by atoms with Crippen LogP contribution in [0.1, 0.15) is 11.5 Å². The maximum absolute atomic E-state index is 5.67. The molecule has 0 aliphatic rings. The Kier molecular flexibility index (Phi) is 4.30. The minimum Gasteiger partial charge on any atom is -0.420 e. The van der Waals surface area contributed by atoms with Gasteiger partial charge in [-0.15, -0.1) is 20.4 Å². The van der Waals surface area contributed by atoms with E-state index in [1.807, 2.05) is 61.5 Å². The van der Waals surface area contributed by atoms with Crippen molar-refractivity contribution in [3.63, 3.8) is 0 Å². The van der Waals surface area contributed by atoms with Crippen molar-refractivity contribution in [1.82, 2.24) is 20.4 Å². The maximum Gasteiger partial charge on any atom is 0.277 e. The summed E-state index contributed by atoms with van der Waals surface area (Å²) in [6, 6.07) is 17.6. The van der Waals surface area contributed by atoms with Crippen LogP contribution in [0.15, 0.2) is 68.7 Å². The van der Waals surface area contributed by atoms with Crippen LogP contribution >= 0.6 is 11.8 Å². The number of nitrogens with zero attached hydrogens (tertiary/aromatic N) is 4. The van der Waals surface area contributed by atoms with Crippen molar-refractivity contribution in [2.75, 3.05) is 0 Å². The summed E-state index contributed by atoms with van der Waals surface area (Å²) in [5.74, 6) is 1.98. The van der Waals surface area contributed by atoms with Crippen molar-refractivity contribution in [2.24, 2.45) is 0 Å². The molecular formula is C18H14N4O2S. The van der Waals surface area contributed by atoms with Crippen molar-refractivity contribution < 1.29 is 8.83 Å². The second kappa shape index (κ2) is 6.90. The first-order valence-corrected chi connectivity index (χ1v) is 8.67. The molecule has 4 aromatic rings. The quantitative estimate of drug-likeness (QED) is 0.494. The number of aromatic nitrogens is 4. The first-order valence-electron chi connectivity index (χ1n) is 7.69. The van der Waals surface area contributed by atoms with E-state index in [0.717, 1.165) is 11.1 Å². The number of hydrogen-bond donors (Lipinski definition) is 0. The highest BCUT2D eigenvalue weighted by molar-refractivity contribution is 7.98. The average Bonchev–Trinajstić information content (AvgIpc) is 3.31. The van der Waals surface area contributed by atoms with Crippen molar-refractivity contribution in [1.29, 1.82) is 0 Å². The van der Waals surface area contributed by atoms with Crippen molar-refractivity contribution >= 4 is 11.8 Å². The topological polar surface area (TPSA) is 77.8 Å². The van der Waals surface area contributed by atoms with E-state index in [4.69, 9.17) is 8.83 Å². The van der Waals surface area contributed by atoms with Crippen LogP contribution in [0.5, 0.6) is 0 Å². The van der Waals surface area contributed by atoms with Gasteiger partial charge < -0.3 is 8.83 Å². The Hall–Kier alpha value is -2.93. The molecule has 7 heteroatoms. The fraction of sp³-hybridized carbons (Fsp3) is 0.111. The summed E-state index contributed by atoms with van der Waals surface area (Å²) in [4.78, 5) is 0. The Morgan fingerprint density at radius 2 is 1.44 bits per heavy atom. The largest absolute Gasteiger partial charge is 0.420 e. The van der Waals surface area contributed by atoms with Gasteiger partial charge in [0.1, 0.15) is 0 Å². The molecule has 25 heavy (non-hydrogen) atoms. The van der Waals surface area contributed by atoms with Crippen LogP contribution in [-0.4, -0.2) is 20.4 Å². The van der Waals surface area contributed by atoms with Gasteiger partial charge in [0.2, 0.25) is 17.7 Å². The van der Waals surface area contributed by atoms with Gasteiger partial charge in [0.25, 0.3) is 5.22 Å². The summed E-state index contributed by atoms with van der Waals surface area (Å²) >= 11 is 1.36. The third-order valence-corrected chi connectivity index (χ3v) is 4.31. The van der Waals surface area contributed by atoms with Crippen LogP contribution in [0.3, 0.4) is 0 Å². The zero-order valence-electron chi connectivity index (χ0n) is 13.4. The fourth-order valence-electron chi connectivity index (χ4n) is 2.21. The van der Waals surface area contributed by atoms with E-state index in [9.17, 15) is 0 Å². The van der Waals surface area contributed by atoms with Gasteiger partial charge in [0, 0.05) is 11.1 Å². The summed E-state index contributed by atoms with van der Waals surface area (Å²) in [5, 5.41) is 16.7. The molecule has 0 radical (unpaired) electrons. The molecule has 0 amide bonds. The Bertz CT molecular complexity index is 964. The first-order chi connectivity index (χ1) is 12.3. The molecule has 2 aromatic heterocycles. The number of aryl methyl sites for hydroxylation is 1. The highest BCUT2D eigenvalue weighted by atomic mass is 32.2. The van der Waals surface area contributed by atoms with E-state index in [2.05, 4.69) is 20.4 Å². The molecule has 0 unspecified atom stereocenters. The van der Waals surface area contributed by atoms with E-state index in [0.29, 0.717) is 28.6 Å². The lowest BCUT2D eigenvalue weighted by atomic mass is 10.1. The minimum atomic E-state index is 0.468. The predicted octanol–water partition coefficient (Wildman–Crippen LogP) is 4.39.